The summed E-state index contributed by atoms with van der Waals surface area (Å²) in [6.07, 6.45) is 5.07. The van der Waals surface area contributed by atoms with Crippen LogP contribution in [0.4, 0.5) is 0 Å². The zero-order valence-electron chi connectivity index (χ0n) is 13.3. The summed E-state index contributed by atoms with van der Waals surface area (Å²) in [7, 11) is 1.83. The Morgan fingerprint density at radius 2 is 1.81 bits per heavy atom. The standard InChI is InChI=1S/C18H22N2O/c1-13-16(12-19-20(13)5)17(21)11-8-14-6-9-15(10-7-14)18(2,3)4/h6-12H,1-5H3/b11-8+. The predicted octanol–water partition coefficient (Wildman–Crippen LogP) is 3.92. The van der Waals surface area contributed by atoms with Crippen LogP contribution in [0.3, 0.4) is 0 Å². The van der Waals surface area contributed by atoms with Gasteiger partial charge in [0.2, 0.25) is 0 Å². The van der Waals surface area contributed by atoms with Gasteiger partial charge in [-0.05, 0) is 29.5 Å². The fourth-order valence-electron chi connectivity index (χ4n) is 2.10. The van der Waals surface area contributed by atoms with Gasteiger partial charge >= 0.3 is 0 Å². The zero-order chi connectivity index (χ0) is 15.6. The van der Waals surface area contributed by atoms with E-state index in [1.807, 2.05) is 32.2 Å². The molecule has 1 aromatic heterocycles. The number of hydrogen-bond donors (Lipinski definition) is 0. The van der Waals surface area contributed by atoms with Crippen LogP contribution in [0.5, 0.6) is 0 Å². The van der Waals surface area contributed by atoms with Crippen LogP contribution in [-0.4, -0.2) is 15.6 Å². The molecule has 0 fully saturated rings. The van der Waals surface area contributed by atoms with Crippen molar-refractivity contribution in [1.29, 1.82) is 0 Å². The highest BCUT2D eigenvalue weighted by atomic mass is 16.1. The highest BCUT2D eigenvalue weighted by Crippen LogP contribution is 2.22. The fraction of sp³-hybridized carbons (Fsp3) is 0.333. The van der Waals surface area contributed by atoms with Crippen LogP contribution in [-0.2, 0) is 12.5 Å². The summed E-state index contributed by atoms with van der Waals surface area (Å²) in [4.78, 5) is 12.1. The number of carbonyl (C=O) groups excluding carboxylic acids is 1. The molecule has 0 N–H and O–H groups in total. The van der Waals surface area contributed by atoms with E-state index in [9.17, 15) is 4.79 Å². The number of carbonyl (C=O) groups is 1. The molecule has 3 nitrogen and oxygen atoms in total. The molecule has 21 heavy (non-hydrogen) atoms. The maximum Gasteiger partial charge on any atom is 0.189 e. The van der Waals surface area contributed by atoms with Gasteiger partial charge in [0.1, 0.15) is 0 Å². The summed E-state index contributed by atoms with van der Waals surface area (Å²) in [5.74, 6) is -0.0134. The van der Waals surface area contributed by atoms with E-state index in [1.54, 1.807) is 17.0 Å². The Hall–Kier alpha value is -2.16. The molecule has 0 unspecified atom stereocenters. The number of nitrogens with zero attached hydrogens (tertiary/aromatic N) is 2. The van der Waals surface area contributed by atoms with Gasteiger partial charge < -0.3 is 0 Å². The summed E-state index contributed by atoms with van der Waals surface area (Å²) >= 11 is 0. The van der Waals surface area contributed by atoms with Gasteiger partial charge in [-0.2, -0.15) is 5.10 Å². The van der Waals surface area contributed by atoms with Crippen molar-refractivity contribution in [3.8, 4) is 0 Å². The number of allylic oxidation sites excluding steroid dienone is 1. The smallest absolute Gasteiger partial charge is 0.189 e. The van der Waals surface area contributed by atoms with Crippen LogP contribution < -0.4 is 0 Å². The molecule has 110 valence electrons. The Labute approximate surface area is 126 Å². The minimum absolute atomic E-state index is 0.0134. The minimum Gasteiger partial charge on any atom is -0.289 e. The molecule has 0 bridgehead atoms. The highest BCUT2D eigenvalue weighted by molar-refractivity contribution is 6.07. The molecule has 1 aromatic carbocycles. The summed E-state index contributed by atoms with van der Waals surface area (Å²) in [5, 5.41) is 4.09. The van der Waals surface area contributed by atoms with Crippen molar-refractivity contribution in [2.75, 3.05) is 0 Å². The average Bonchev–Trinajstić information content (AvgIpc) is 2.76. The maximum atomic E-state index is 12.1. The highest BCUT2D eigenvalue weighted by Gasteiger charge is 2.13. The van der Waals surface area contributed by atoms with Gasteiger partial charge in [-0.25, -0.2) is 0 Å². The molecule has 2 aromatic rings. The van der Waals surface area contributed by atoms with Gasteiger partial charge in [0.05, 0.1) is 11.8 Å². The second kappa shape index (κ2) is 5.68. The predicted molar refractivity (Wildman–Crippen MR) is 86.5 cm³/mol. The van der Waals surface area contributed by atoms with Crippen LogP contribution in [0.1, 0.15) is 48.0 Å². The first-order chi connectivity index (χ1) is 9.79. The molecular weight excluding hydrogens is 260 g/mol. The third kappa shape index (κ3) is 3.48. The van der Waals surface area contributed by atoms with Crippen LogP contribution in [0.15, 0.2) is 36.5 Å². The molecule has 0 atom stereocenters. The Balaban J connectivity index is 2.14. The van der Waals surface area contributed by atoms with Gasteiger partial charge in [0, 0.05) is 12.7 Å². The lowest BCUT2D eigenvalue weighted by molar-refractivity contribution is 0.104. The first-order valence-corrected chi connectivity index (χ1v) is 7.10. The van der Waals surface area contributed by atoms with E-state index < -0.39 is 0 Å². The molecule has 0 saturated carbocycles. The summed E-state index contributed by atoms with van der Waals surface area (Å²) in [6.45, 7) is 8.46. The summed E-state index contributed by atoms with van der Waals surface area (Å²) in [5.41, 5.74) is 3.99. The summed E-state index contributed by atoms with van der Waals surface area (Å²) < 4.78 is 1.71. The van der Waals surface area contributed by atoms with Crippen molar-refractivity contribution in [2.24, 2.45) is 7.05 Å². The van der Waals surface area contributed by atoms with Crippen molar-refractivity contribution >= 4 is 11.9 Å². The first-order valence-electron chi connectivity index (χ1n) is 7.10. The molecule has 0 amide bonds. The van der Waals surface area contributed by atoms with Crippen molar-refractivity contribution in [2.45, 2.75) is 33.1 Å². The number of ketones is 1. The monoisotopic (exact) mass is 282 g/mol. The quantitative estimate of drug-likeness (QED) is 0.631. The van der Waals surface area contributed by atoms with Gasteiger partial charge in [0.15, 0.2) is 5.78 Å². The van der Waals surface area contributed by atoms with E-state index in [1.165, 1.54) is 5.56 Å². The Bertz CT molecular complexity index is 670. The molecule has 0 aliphatic heterocycles. The van der Waals surface area contributed by atoms with Crippen molar-refractivity contribution in [3.05, 3.63) is 58.9 Å². The van der Waals surface area contributed by atoms with Crippen LogP contribution in [0, 0.1) is 6.92 Å². The molecule has 2 rings (SSSR count). The Kier molecular flexibility index (Phi) is 4.12. The molecule has 0 aliphatic rings. The second-order valence-corrected chi connectivity index (χ2v) is 6.34. The number of aryl methyl sites for hydroxylation is 1. The first kappa shape index (κ1) is 15.2. The van der Waals surface area contributed by atoms with Crippen LogP contribution >= 0.6 is 0 Å². The normalized spacial score (nSPS) is 12.0. The number of benzene rings is 1. The molecule has 0 saturated heterocycles. The van der Waals surface area contributed by atoms with Crippen molar-refractivity contribution in [3.63, 3.8) is 0 Å². The lowest BCUT2D eigenvalue weighted by Crippen LogP contribution is -2.10. The Morgan fingerprint density at radius 3 is 2.29 bits per heavy atom. The molecule has 0 spiro atoms. The third-order valence-electron chi connectivity index (χ3n) is 3.70. The van der Waals surface area contributed by atoms with Gasteiger partial charge in [-0.15, -0.1) is 0 Å². The number of aromatic nitrogens is 2. The lowest BCUT2D eigenvalue weighted by Gasteiger charge is -2.18. The number of hydrogen-bond acceptors (Lipinski definition) is 2. The van der Waals surface area contributed by atoms with Crippen LogP contribution in [0.2, 0.25) is 0 Å². The molecular formula is C18H22N2O. The topological polar surface area (TPSA) is 34.9 Å². The van der Waals surface area contributed by atoms with E-state index >= 15 is 0 Å². The minimum atomic E-state index is -0.0134. The van der Waals surface area contributed by atoms with Gasteiger partial charge in [-0.3, -0.25) is 9.48 Å². The molecule has 1 heterocycles. The largest absolute Gasteiger partial charge is 0.289 e. The molecule has 0 aliphatic carbocycles. The average molecular weight is 282 g/mol. The van der Waals surface area contributed by atoms with Crippen LogP contribution in [0.25, 0.3) is 6.08 Å². The molecule has 3 heteroatoms. The van der Waals surface area contributed by atoms with E-state index in [2.05, 4.69) is 38.0 Å². The van der Waals surface area contributed by atoms with E-state index in [4.69, 9.17) is 0 Å². The van der Waals surface area contributed by atoms with Gasteiger partial charge in [0.25, 0.3) is 0 Å². The summed E-state index contributed by atoms with van der Waals surface area (Å²) in [6, 6.07) is 8.31. The van der Waals surface area contributed by atoms with Gasteiger partial charge in [-0.1, -0.05) is 51.1 Å². The van der Waals surface area contributed by atoms with E-state index in [0.717, 1.165) is 11.3 Å². The SMILES string of the molecule is Cc1c(C(=O)/C=C/c2ccc(C(C)(C)C)cc2)cnn1C. The number of rotatable bonds is 3. The van der Waals surface area contributed by atoms with Crippen molar-refractivity contribution in [1.82, 2.24) is 9.78 Å². The second-order valence-electron chi connectivity index (χ2n) is 6.34. The van der Waals surface area contributed by atoms with E-state index in [-0.39, 0.29) is 11.2 Å². The maximum absolute atomic E-state index is 12.1. The lowest BCUT2D eigenvalue weighted by atomic mass is 9.87. The van der Waals surface area contributed by atoms with E-state index in [0.29, 0.717) is 5.56 Å². The zero-order valence-corrected chi connectivity index (χ0v) is 13.3. The van der Waals surface area contributed by atoms with Crippen molar-refractivity contribution < 1.29 is 4.79 Å². The third-order valence-corrected chi connectivity index (χ3v) is 3.70. The fourth-order valence-corrected chi connectivity index (χ4v) is 2.10. The Morgan fingerprint density at radius 1 is 1.19 bits per heavy atom. The molecule has 0 radical (unpaired) electrons.